The van der Waals surface area contributed by atoms with Gasteiger partial charge in [0.05, 0.1) is 0 Å². The van der Waals surface area contributed by atoms with Crippen molar-refractivity contribution < 1.29 is 4.74 Å². The molecule has 0 unspecified atom stereocenters. The van der Waals surface area contributed by atoms with E-state index in [0.29, 0.717) is 6.04 Å². The van der Waals surface area contributed by atoms with Crippen molar-refractivity contribution in [3.05, 3.63) is 28.7 Å². The minimum atomic E-state index is 0.400. The van der Waals surface area contributed by atoms with Crippen LogP contribution in [0.2, 0.25) is 0 Å². The van der Waals surface area contributed by atoms with E-state index < -0.39 is 0 Å². The van der Waals surface area contributed by atoms with E-state index in [9.17, 15) is 0 Å². The first-order chi connectivity index (χ1) is 8.24. The summed E-state index contributed by atoms with van der Waals surface area (Å²) in [6.07, 6.45) is 2.22. The molecule has 0 aliphatic carbocycles. The largest absolute Gasteiger partial charge is 0.492 e. The highest BCUT2D eigenvalue weighted by atomic mass is 79.9. The van der Waals surface area contributed by atoms with Crippen molar-refractivity contribution in [3.8, 4) is 5.75 Å². The van der Waals surface area contributed by atoms with E-state index in [1.807, 2.05) is 24.3 Å². The van der Waals surface area contributed by atoms with Gasteiger partial charge in [-0.1, -0.05) is 22.0 Å². The number of nitrogens with two attached hydrogens (primary N) is 1. The average molecular weight is 299 g/mol. The van der Waals surface area contributed by atoms with Gasteiger partial charge in [-0.25, -0.2) is 0 Å². The maximum absolute atomic E-state index is 5.87. The number of benzene rings is 1. The van der Waals surface area contributed by atoms with Crippen LogP contribution in [-0.4, -0.2) is 37.2 Å². The Kier molecular flexibility index (Phi) is 4.83. The Balaban J connectivity index is 1.69. The Morgan fingerprint density at radius 1 is 1.35 bits per heavy atom. The Morgan fingerprint density at radius 3 is 2.82 bits per heavy atom. The number of halogens is 1. The second kappa shape index (κ2) is 6.38. The fourth-order valence-corrected chi connectivity index (χ4v) is 2.40. The molecule has 0 aromatic heterocycles. The van der Waals surface area contributed by atoms with Crippen LogP contribution in [0, 0.1) is 0 Å². The Bertz CT molecular complexity index is 351. The second-order valence-electron chi connectivity index (χ2n) is 4.48. The van der Waals surface area contributed by atoms with Gasteiger partial charge in [0.15, 0.2) is 0 Å². The van der Waals surface area contributed by atoms with E-state index in [1.165, 1.54) is 0 Å². The summed E-state index contributed by atoms with van der Waals surface area (Å²) in [5, 5.41) is 0. The van der Waals surface area contributed by atoms with Gasteiger partial charge in [-0.2, -0.15) is 0 Å². The van der Waals surface area contributed by atoms with Crippen LogP contribution >= 0.6 is 15.9 Å². The summed E-state index contributed by atoms with van der Waals surface area (Å²) in [6, 6.07) is 8.36. The molecule has 0 bridgehead atoms. The highest BCUT2D eigenvalue weighted by Crippen LogP contribution is 2.17. The molecule has 1 aromatic carbocycles. The summed E-state index contributed by atoms with van der Waals surface area (Å²) >= 11 is 3.43. The Hall–Kier alpha value is -0.580. The lowest BCUT2D eigenvalue weighted by molar-refractivity contribution is 0.174. The number of nitrogens with zero attached hydrogens (tertiary/aromatic N) is 1. The van der Waals surface area contributed by atoms with Crippen LogP contribution in [0.15, 0.2) is 28.7 Å². The molecule has 0 spiro atoms. The molecular formula is C13H19BrN2O. The van der Waals surface area contributed by atoms with E-state index in [0.717, 1.165) is 49.3 Å². The molecule has 17 heavy (non-hydrogen) atoms. The molecule has 1 aliphatic rings. The van der Waals surface area contributed by atoms with Gasteiger partial charge in [0.2, 0.25) is 0 Å². The first-order valence-corrected chi connectivity index (χ1v) is 6.89. The lowest BCUT2D eigenvalue weighted by Crippen LogP contribution is -2.41. The molecule has 1 heterocycles. The summed E-state index contributed by atoms with van der Waals surface area (Å²) in [5.74, 6) is 0.924. The Morgan fingerprint density at radius 2 is 2.12 bits per heavy atom. The normalized spacial score (nSPS) is 18.2. The number of rotatable bonds is 4. The van der Waals surface area contributed by atoms with Crippen LogP contribution in [0.5, 0.6) is 5.75 Å². The number of hydrogen-bond acceptors (Lipinski definition) is 3. The zero-order valence-electron chi connectivity index (χ0n) is 9.94. The summed E-state index contributed by atoms with van der Waals surface area (Å²) in [5.41, 5.74) is 5.87. The van der Waals surface area contributed by atoms with Crippen LogP contribution in [-0.2, 0) is 0 Å². The number of ether oxygens (including phenoxy) is 1. The van der Waals surface area contributed by atoms with Gasteiger partial charge in [0, 0.05) is 17.1 Å². The zero-order chi connectivity index (χ0) is 12.1. The summed E-state index contributed by atoms with van der Waals surface area (Å²) < 4.78 is 6.77. The zero-order valence-corrected chi connectivity index (χ0v) is 11.5. The molecule has 0 atom stereocenters. The minimum absolute atomic E-state index is 0.400. The first kappa shape index (κ1) is 12.9. The van der Waals surface area contributed by atoms with Crippen LogP contribution in [0.1, 0.15) is 12.8 Å². The molecule has 1 fully saturated rings. The van der Waals surface area contributed by atoms with Gasteiger partial charge in [-0.3, -0.25) is 4.90 Å². The fourth-order valence-electron chi connectivity index (χ4n) is 2.03. The van der Waals surface area contributed by atoms with Crippen LogP contribution in [0.3, 0.4) is 0 Å². The van der Waals surface area contributed by atoms with Gasteiger partial charge in [0.1, 0.15) is 12.4 Å². The third-order valence-electron chi connectivity index (χ3n) is 3.10. The Labute approximate surface area is 111 Å². The van der Waals surface area contributed by atoms with Crippen molar-refractivity contribution in [1.29, 1.82) is 0 Å². The monoisotopic (exact) mass is 298 g/mol. The molecule has 1 saturated heterocycles. The third kappa shape index (κ3) is 4.30. The SMILES string of the molecule is NC1CCN(CCOc2cccc(Br)c2)CC1. The molecule has 0 radical (unpaired) electrons. The molecule has 0 amide bonds. The molecule has 2 N–H and O–H groups in total. The fraction of sp³-hybridized carbons (Fsp3) is 0.538. The third-order valence-corrected chi connectivity index (χ3v) is 3.60. The molecule has 2 rings (SSSR count). The van der Waals surface area contributed by atoms with E-state index in [2.05, 4.69) is 20.8 Å². The predicted octanol–water partition coefficient (Wildman–Crippen LogP) is 2.25. The molecule has 1 aromatic rings. The van der Waals surface area contributed by atoms with Crippen molar-refractivity contribution in [3.63, 3.8) is 0 Å². The van der Waals surface area contributed by atoms with Crippen LogP contribution in [0.4, 0.5) is 0 Å². The predicted molar refractivity (Wildman–Crippen MR) is 73.3 cm³/mol. The maximum Gasteiger partial charge on any atom is 0.120 e. The molecule has 0 saturated carbocycles. The van der Waals surface area contributed by atoms with Crippen LogP contribution < -0.4 is 10.5 Å². The molecule has 3 nitrogen and oxygen atoms in total. The van der Waals surface area contributed by atoms with Crippen molar-refractivity contribution in [2.45, 2.75) is 18.9 Å². The van der Waals surface area contributed by atoms with Gasteiger partial charge in [0.25, 0.3) is 0 Å². The molecular weight excluding hydrogens is 280 g/mol. The van der Waals surface area contributed by atoms with Gasteiger partial charge in [-0.05, 0) is 44.1 Å². The quantitative estimate of drug-likeness (QED) is 0.927. The van der Waals surface area contributed by atoms with Gasteiger partial charge in [-0.15, -0.1) is 0 Å². The second-order valence-corrected chi connectivity index (χ2v) is 5.40. The molecule has 1 aliphatic heterocycles. The highest BCUT2D eigenvalue weighted by molar-refractivity contribution is 9.10. The summed E-state index contributed by atoms with van der Waals surface area (Å²) in [6.45, 7) is 3.93. The van der Waals surface area contributed by atoms with E-state index in [1.54, 1.807) is 0 Å². The lowest BCUT2D eigenvalue weighted by atomic mass is 10.1. The van der Waals surface area contributed by atoms with Crippen molar-refractivity contribution in [2.24, 2.45) is 5.73 Å². The minimum Gasteiger partial charge on any atom is -0.492 e. The topological polar surface area (TPSA) is 38.5 Å². The standard InChI is InChI=1S/C13H19BrN2O/c14-11-2-1-3-13(10-11)17-9-8-16-6-4-12(15)5-7-16/h1-3,10,12H,4-9,15H2. The average Bonchev–Trinajstić information content (AvgIpc) is 2.32. The summed E-state index contributed by atoms with van der Waals surface area (Å²) in [7, 11) is 0. The van der Waals surface area contributed by atoms with Crippen molar-refractivity contribution in [1.82, 2.24) is 4.90 Å². The van der Waals surface area contributed by atoms with Crippen molar-refractivity contribution >= 4 is 15.9 Å². The first-order valence-electron chi connectivity index (χ1n) is 6.10. The van der Waals surface area contributed by atoms with E-state index >= 15 is 0 Å². The smallest absolute Gasteiger partial charge is 0.120 e. The number of hydrogen-bond donors (Lipinski definition) is 1. The van der Waals surface area contributed by atoms with Crippen molar-refractivity contribution in [2.75, 3.05) is 26.2 Å². The van der Waals surface area contributed by atoms with Crippen LogP contribution in [0.25, 0.3) is 0 Å². The maximum atomic E-state index is 5.87. The number of piperidine rings is 1. The molecule has 94 valence electrons. The molecule has 4 heteroatoms. The van der Waals surface area contributed by atoms with Gasteiger partial charge >= 0.3 is 0 Å². The number of likely N-dealkylation sites (tertiary alicyclic amines) is 1. The summed E-state index contributed by atoms with van der Waals surface area (Å²) in [4.78, 5) is 2.42. The highest BCUT2D eigenvalue weighted by Gasteiger charge is 2.15. The lowest BCUT2D eigenvalue weighted by Gasteiger charge is -2.29. The van der Waals surface area contributed by atoms with E-state index in [4.69, 9.17) is 10.5 Å². The van der Waals surface area contributed by atoms with Gasteiger partial charge < -0.3 is 10.5 Å². The van der Waals surface area contributed by atoms with E-state index in [-0.39, 0.29) is 0 Å².